The Balaban J connectivity index is 0. The van der Waals surface area contributed by atoms with Gasteiger partial charge in [-0.3, -0.25) is 4.79 Å². The van der Waals surface area contributed by atoms with Crippen LogP contribution in [0.1, 0.15) is 62.3 Å². The SMILES string of the molecule is CC(C)C(C)C(C)(C)C(N)=O.CC(C)NC(C)(C)CO. The predicted octanol–water partition coefficient (Wildman–Crippen LogP) is 2.55. The maximum atomic E-state index is 11.0. The van der Waals surface area contributed by atoms with Gasteiger partial charge in [-0.1, -0.05) is 48.5 Å². The van der Waals surface area contributed by atoms with Crippen LogP contribution in [0.3, 0.4) is 0 Å². The molecule has 0 fully saturated rings. The molecule has 1 unspecified atom stereocenters. The molecular weight excluding hydrogens is 252 g/mol. The van der Waals surface area contributed by atoms with Gasteiger partial charge >= 0.3 is 0 Å². The highest BCUT2D eigenvalue weighted by atomic mass is 16.3. The predicted molar refractivity (Wildman–Crippen MR) is 86.4 cm³/mol. The Morgan fingerprint density at radius 1 is 1.10 bits per heavy atom. The van der Waals surface area contributed by atoms with Crippen molar-refractivity contribution in [3.05, 3.63) is 0 Å². The number of rotatable bonds is 6. The number of carbonyl (C=O) groups excluding carboxylic acids is 1. The van der Waals surface area contributed by atoms with E-state index in [0.717, 1.165) is 0 Å². The lowest BCUT2D eigenvalue weighted by Crippen LogP contribution is -2.46. The van der Waals surface area contributed by atoms with Gasteiger partial charge in [0.2, 0.25) is 5.91 Å². The number of primary amides is 1. The number of aliphatic hydroxyl groups excluding tert-OH is 1. The highest BCUT2D eigenvalue weighted by molar-refractivity contribution is 5.80. The average Bonchev–Trinajstić information content (AvgIpc) is 2.26. The lowest BCUT2D eigenvalue weighted by atomic mass is 9.74. The summed E-state index contributed by atoms with van der Waals surface area (Å²) < 4.78 is 0. The summed E-state index contributed by atoms with van der Waals surface area (Å²) >= 11 is 0. The molecule has 0 aromatic heterocycles. The van der Waals surface area contributed by atoms with Gasteiger partial charge in [-0.05, 0) is 25.7 Å². The second-order valence-corrected chi connectivity index (χ2v) is 7.46. The van der Waals surface area contributed by atoms with Gasteiger partial charge in [0.1, 0.15) is 0 Å². The van der Waals surface area contributed by atoms with E-state index in [1.807, 2.05) is 27.7 Å². The fourth-order valence-electron chi connectivity index (χ4n) is 1.88. The van der Waals surface area contributed by atoms with E-state index in [1.54, 1.807) is 0 Å². The molecule has 1 atom stereocenters. The smallest absolute Gasteiger partial charge is 0.223 e. The molecule has 0 bridgehead atoms. The van der Waals surface area contributed by atoms with E-state index in [9.17, 15) is 4.79 Å². The van der Waals surface area contributed by atoms with Crippen molar-refractivity contribution in [2.24, 2.45) is 23.0 Å². The Labute approximate surface area is 125 Å². The molecule has 4 N–H and O–H groups in total. The maximum absolute atomic E-state index is 11.0. The maximum Gasteiger partial charge on any atom is 0.223 e. The number of nitrogens with one attached hydrogen (secondary N) is 1. The van der Waals surface area contributed by atoms with Gasteiger partial charge in [0.15, 0.2) is 0 Å². The molecule has 0 aliphatic heterocycles. The van der Waals surface area contributed by atoms with Crippen LogP contribution in [0.5, 0.6) is 0 Å². The molecule has 122 valence electrons. The van der Waals surface area contributed by atoms with Crippen molar-refractivity contribution < 1.29 is 9.90 Å². The van der Waals surface area contributed by atoms with Crippen molar-refractivity contribution in [2.45, 2.75) is 73.9 Å². The molecule has 0 aromatic rings. The molecule has 0 aliphatic rings. The topological polar surface area (TPSA) is 75.4 Å². The van der Waals surface area contributed by atoms with E-state index < -0.39 is 0 Å². The Hall–Kier alpha value is -0.610. The standard InChI is InChI=1S/C9H19NO.C7H17NO/c1-6(2)7(3)9(4,5)8(10)11;1-6(2)8-7(3,4)5-9/h6-7H,1-5H3,(H2,10,11);6,8-9H,5H2,1-4H3. The van der Waals surface area contributed by atoms with E-state index in [1.165, 1.54) is 0 Å². The molecule has 0 saturated carbocycles. The summed E-state index contributed by atoms with van der Waals surface area (Å²) in [6.07, 6.45) is 0. The molecule has 0 aliphatic carbocycles. The third-order valence-electron chi connectivity index (χ3n) is 3.85. The quantitative estimate of drug-likeness (QED) is 0.703. The van der Waals surface area contributed by atoms with Crippen molar-refractivity contribution in [3.63, 3.8) is 0 Å². The first-order valence-corrected chi connectivity index (χ1v) is 7.46. The fraction of sp³-hybridized carbons (Fsp3) is 0.938. The molecule has 4 heteroatoms. The first kappa shape index (κ1) is 21.7. The Kier molecular flexibility index (Phi) is 9.35. The Bertz CT molecular complexity index is 284. The van der Waals surface area contributed by atoms with Crippen LogP contribution in [0.15, 0.2) is 0 Å². The number of aliphatic hydroxyl groups is 1. The molecule has 4 nitrogen and oxygen atoms in total. The molecule has 0 saturated heterocycles. The summed E-state index contributed by atoms with van der Waals surface area (Å²) in [7, 11) is 0. The number of amides is 1. The third-order valence-corrected chi connectivity index (χ3v) is 3.85. The molecule has 20 heavy (non-hydrogen) atoms. The van der Waals surface area contributed by atoms with Crippen LogP contribution >= 0.6 is 0 Å². The summed E-state index contributed by atoms with van der Waals surface area (Å²) in [5.74, 6) is 0.621. The first-order valence-electron chi connectivity index (χ1n) is 7.46. The minimum atomic E-state index is -0.381. The zero-order chi connectivity index (χ0) is 16.7. The summed E-state index contributed by atoms with van der Waals surface area (Å²) in [5.41, 5.74) is 4.76. The number of nitrogens with two attached hydrogens (primary N) is 1. The van der Waals surface area contributed by atoms with E-state index in [0.29, 0.717) is 17.9 Å². The van der Waals surface area contributed by atoms with Crippen LogP contribution in [-0.2, 0) is 4.79 Å². The van der Waals surface area contributed by atoms with Crippen LogP contribution in [0.25, 0.3) is 0 Å². The molecule has 0 radical (unpaired) electrons. The molecule has 0 heterocycles. The largest absolute Gasteiger partial charge is 0.394 e. The lowest BCUT2D eigenvalue weighted by Gasteiger charge is -2.31. The van der Waals surface area contributed by atoms with Crippen LogP contribution in [-0.4, -0.2) is 29.2 Å². The summed E-state index contributed by atoms with van der Waals surface area (Å²) in [6, 6.07) is 0.437. The van der Waals surface area contributed by atoms with E-state index >= 15 is 0 Å². The normalized spacial score (nSPS) is 14.0. The highest BCUT2D eigenvalue weighted by Crippen LogP contribution is 2.31. The van der Waals surface area contributed by atoms with Crippen molar-refractivity contribution in [1.82, 2.24) is 5.32 Å². The summed E-state index contributed by atoms with van der Waals surface area (Å²) in [4.78, 5) is 11.0. The Morgan fingerprint density at radius 3 is 1.60 bits per heavy atom. The first-order chi connectivity index (χ1) is 8.77. The second kappa shape index (κ2) is 8.63. The highest BCUT2D eigenvalue weighted by Gasteiger charge is 2.33. The summed E-state index contributed by atoms with van der Waals surface area (Å²) in [6.45, 7) is 18.4. The third kappa shape index (κ3) is 8.54. The van der Waals surface area contributed by atoms with Crippen LogP contribution in [0.2, 0.25) is 0 Å². The van der Waals surface area contributed by atoms with Crippen molar-refractivity contribution in [2.75, 3.05) is 6.61 Å². The van der Waals surface area contributed by atoms with Crippen molar-refractivity contribution in [1.29, 1.82) is 0 Å². The molecule has 1 amide bonds. The number of hydrogen-bond acceptors (Lipinski definition) is 3. The molecule has 0 spiro atoms. The zero-order valence-corrected chi connectivity index (χ0v) is 14.9. The van der Waals surface area contributed by atoms with Crippen molar-refractivity contribution >= 4 is 5.91 Å². The van der Waals surface area contributed by atoms with Gasteiger partial charge in [0, 0.05) is 17.0 Å². The molecule has 0 rings (SSSR count). The summed E-state index contributed by atoms with van der Waals surface area (Å²) in [5, 5.41) is 12.0. The van der Waals surface area contributed by atoms with E-state index in [-0.39, 0.29) is 23.5 Å². The Morgan fingerprint density at radius 2 is 1.50 bits per heavy atom. The van der Waals surface area contributed by atoms with Gasteiger partial charge in [-0.15, -0.1) is 0 Å². The van der Waals surface area contributed by atoms with Crippen molar-refractivity contribution in [3.8, 4) is 0 Å². The number of hydrogen-bond donors (Lipinski definition) is 3. The van der Waals surface area contributed by atoms with Gasteiger partial charge in [-0.2, -0.15) is 0 Å². The second-order valence-electron chi connectivity index (χ2n) is 7.46. The van der Waals surface area contributed by atoms with Crippen LogP contribution < -0.4 is 11.1 Å². The van der Waals surface area contributed by atoms with E-state index in [4.69, 9.17) is 10.8 Å². The van der Waals surface area contributed by atoms with Gasteiger partial charge < -0.3 is 16.2 Å². The van der Waals surface area contributed by atoms with Gasteiger partial charge in [0.05, 0.1) is 6.61 Å². The van der Waals surface area contributed by atoms with E-state index in [2.05, 4.69) is 39.9 Å². The van der Waals surface area contributed by atoms with Crippen LogP contribution in [0.4, 0.5) is 0 Å². The zero-order valence-electron chi connectivity index (χ0n) is 14.9. The minimum absolute atomic E-state index is 0.131. The van der Waals surface area contributed by atoms with Crippen LogP contribution in [0, 0.1) is 17.3 Å². The van der Waals surface area contributed by atoms with Gasteiger partial charge in [-0.25, -0.2) is 0 Å². The number of carbonyl (C=O) groups is 1. The molecule has 0 aromatic carbocycles. The lowest BCUT2D eigenvalue weighted by molar-refractivity contribution is -0.129. The average molecular weight is 288 g/mol. The minimum Gasteiger partial charge on any atom is -0.394 e. The molecular formula is C16H36N2O2. The van der Waals surface area contributed by atoms with Gasteiger partial charge in [0.25, 0.3) is 0 Å². The fourth-order valence-corrected chi connectivity index (χ4v) is 1.88. The monoisotopic (exact) mass is 288 g/mol.